The minimum absolute atomic E-state index is 0.00490. The predicted octanol–water partition coefficient (Wildman–Crippen LogP) is 0.115. The summed E-state index contributed by atoms with van der Waals surface area (Å²) in [7, 11) is 2.19. The molecule has 4 saturated heterocycles. The average Bonchev–Trinajstić information content (AvgIpc) is 3.16. The van der Waals surface area contributed by atoms with E-state index in [2.05, 4.69) is 16.8 Å². The maximum atomic E-state index is 12.8. The summed E-state index contributed by atoms with van der Waals surface area (Å²) >= 11 is 0. The fourth-order valence-corrected chi connectivity index (χ4v) is 5.16. The summed E-state index contributed by atoms with van der Waals surface area (Å²) in [4.78, 5) is 33.5. The van der Waals surface area contributed by atoms with Crippen LogP contribution in [-0.2, 0) is 4.79 Å². The van der Waals surface area contributed by atoms with E-state index in [0.29, 0.717) is 19.1 Å². The van der Waals surface area contributed by atoms with Crippen LogP contribution in [0.4, 0.5) is 4.79 Å². The van der Waals surface area contributed by atoms with Gasteiger partial charge in [-0.15, -0.1) is 0 Å². The lowest BCUT2D eigenvalue weighted by Crippen LogP contribution is -2.53. The van der Waals surface area contributed by atoms with Gasteiger partial charge in [0.05, 0.1) is 6.54 Å². The number of nitrogens with two attached hydrogens (primary N) is 1. The molecular weight excluding hydrogens is 318 g/mol. The van der Waals surface area contributed by atoms with Gasteiger partial charge >= 0.3 is 6.03 Å². The van der Waals surface area contributed by atoms with Gasteiger partial charge in [0.1, 0.15) is 5.54 Å². The molecule has 0 spiro atoms. The van der Waals surface area contributed by atoms with Crippen molar-refractivity contribution in [1.82, 2.24) is 19.6 Å². The zero-order chi connectivity index (χ0) is 17.6. The number of hydrogen-bond acceptors (Lipinski definition) is 4. The van der Waals surface area contributed by atoms with Crippen molar-refractivity contribution in [2.45, 2.75) is 49.7 Å². The van der Waals surface area contributed by atoms with Gasteiger partial charge in [-0.2, -0.15) is 0 Å². The number of fused-ring (bicyclic) bond motifs is 1. The Morgan fingerprint density at radius 1 is 1.08 bits per heavy atom. The Morgan fingerprint density at radius 2 is 1.72 bits per heavy atom. The largest absolute Gasteiger partial charge is 0.368 e. The number of likely N-dealkylation sites (tertiary alicyclic amines) is 2. The number of nitrogens with zero attached hydrogens (tertiary/aromatic N) is 4. The van der Waals surface area contributed by atoms with Gasteiger partial charge in [-0.25, -0.2) is 4.79 Å². The van der Waals surface area contributed by atoms with E-state index in [1.807, 2.05) is 11.3 Å². The number of urea groups is 1. The molecule has 7 heteroatoms. The first kappa shape index (κ1) is 17.1. The maximum absolute atomic E-state index is 12.8. The summed E-state index contributed by atoms with van der Waals surface area (Å²) in [6, 6.07) is 0.940. The number of amides is 3. The van der Waals surface area contributed by atoms with Gasteiger partial charge in [0.25, 0.3) is 0 Å². The third-order valence-corrected chi connectivity index (χ3v) is 6.78. The Balaban J connectivity index is 1.37. The number of piperidine rings is 2. The minimum Gasteiger partial charge on any atom is -0.368 e. The highest BCUT2D eigenvalue weighted by Crippen LogP contribution is 2.38. The molecule has 139 valence electrons. The highest BCUT2D eigenvalue weighted by Gasteiger charge is 2.57. The van der Waals surface area contributed by atoms with Crippen molar-refractivity contribution in [3.63, 3.8) is 0 Å². The van der Waals surface area contributed by atoms with Gasteiger partial charge in [-0.05, 0) is 52.2 Å². The molecule has 0 aromatic carbocycles. The van der Waals surface area contributed by atoms with E-state index >= 15 is 0 Å². The van der Waals surface area contributed by atoms with Gasteiger partial charge in [0, 0.05) is 38.1 Å². The quantitative estimate of drug-likeness (QED) is 0.786. The van der Waals surface area contributed by atoms with Gasteiger partial charge in [0.2, 0.25) is 5.91 Å². The SMILES string of the molecule is CN1CCC(N2CCC(N3C[C@@]4(C(N)=O)[CH]CCN4C3=O)CC2)CC1. The van der Waals surface area contributed by atoms with Crippen molar-refractivity contribution in [2.75, 3.05) is 46.3 Å². The van der Waals surface area contributed by atoms with Crippen molar-refractivity contribution < 1.29 is 9.59 Å². The third kappa shape index (κ3) is 2.81. The second-order valence-electron chi connectivity index (χ2n) is 8.15. The van der Waals surface area contributed by atoms with E-state index in [4.69, 9.17) is 5.73 Å². The topological polar surface area (TPSA) is 73.1 Å². The van der Waals surface area contributed by atoms with E-state index in [0.717, 1.165) is 32.4 Å². The molecule has 0 unspecified atom stereocenters. The van der Waals surface area contributed by atoms with Crippen LogP contribution < -0.4 is 5.73 Å². The fourth-order valence-electron chi connectivity index (χ4n) is 5.16. The van der Waals surface area contributed by atoms with Gasteiger partial charge in [0.15, 0.2) is 0 Å². The van der Waals surface area contributed by atoms with Crippen LogP contribution in [-0.4, -0.2) is 95.5 Å². The molecule has 1 radical (unpaired) electrons. The summed E-state index contributed by atoms with van der Waals surface area (Å²) in [5.74, 6) is -0.385. The molecule has 2 N–H and O–H groups in total. The summed E-state index contributed by atoms with van der Waals surface area (Å²) < 4.78 is 0. The molecule has 0 aromatic rings. The normalized spacial score (nSPS) is 33.2. The van der Waals surface area contributed by atoms with Crippen LogP contribution >= 0.6 is 0 Å². The molecule has 4 aliphatic rings. The van der Waals surface area contributed by atoms with Crippen LogP contribution in [0.2, 0.25) is 0 Å². The summed E-state index contributed by atoms with van der Waals surface area (Å²) in [6.07, 6.45) is 7.20. The van der Waals surface area contributed by atoms with Crippen molar-refractivity contribution in [2.24, 2.45) is 5.73 Å². The first-order chi connectivity index (χ1) is 12.0. The van der Waals surface area contributed by atoms with Crippen molar-refractivity contribution in [1.29, 1.82) is 0 Å². The number of carbonyl (C=O) groups excluding carboxylic acids is 2. The molecule has 4 heterocycles. The second kappa shape index (κ2) is 6.43. The molecule has 4 rings (SSSR count). The predicted molar refractivity (Wildman–Crippen MR) is 94.8 cm³/mol. The van der Waals surface area contributed by atoms with Crippen molar-refractivity contribution in [3.8, 4) is 0 Å². The molecule has 1 atom stereocenters. The third-order valence-electron chi connectivity index (χ3n) is 6.78. The summed E-state index contributed by atoms with van der Waals surface area (Å²) in [5, 5.41) is 0. The molecule has 4 fully saturated rings. The molecule has 0 aliphatic carbocycles. The Bertz CT molecular complexity index is 540. The Hall–Kier alpha value is -1.34. The van der Waals surface area contributed by atoms with Gasteiger partial charge in [-0.3, -0.25) is 4.79 Å². The van der Waals surface area contributed by atoms with Crippen LogP contribution in [0.15, 0.2) is 0 Å². The molecule has 0 saturated carbocycles. The van der Waals surface area contributed by atoms with Crippen LogP contribution in [0.5, 0.6) is 0 Å². The molecule has 7 nitrogen and oxygen atoms in total. The van der Waals surface area contributed by atoms with E-state index in [1.165, 1.54) is 25.9 Å². The van der Waals surface area contributed by atoms with Crippen LogP contribution in [0.1, 0.15) is 32.1 Å². The molecule has 3 amide bonds. The van der Waals surface area contributed by atoms with Crippen molar-refractivity contribution >= 4 is 11.9 Å². The second-order valence-corrected chi connectivity index (χ2v) is 8.15. The molecule has 0 bridgehead atoms. The lowest BCUT2D eigenvalue weighted by molar-refractivity contribution is -0.124. The smallest absolute Gasteiger partial charge is 0.321 e. The Morgan fingerprint density at radius 3 is 2.32 bits per heavy atom. The minimum atomic E-state index is -0.859. The Kier molecular flexibility index (Phi) is 4.40. The molecule has 0 aromatic heterocycles. The van der Waals surface area contributed by atoms with Crippen LogP contribution in [0, 0.1) is 6.42 Å². The maximum Gasteiger partial charge on any atom is 0.321 e. The zero-order valence-electron chi connectivity index (χ0n) is 15.2. The highest BCUT2D eigenvalue weighted by atomic mass is 16.2. The fraction of sp³-hybridized carbons (Fsp3) is 0.833. The molecule has 4 aliphatic heterocycles. The molecular formula is C18H30N5O2. The van der Waals surface area contributed by atoms with E-state index < -0.39 is 5.54 Å². The average molecular weight is 348 g/mol. The highest BCUT2D eigenvalue weighted by molar-refractivity contribution is 5.95. The number of primary amides is 1. The lowest BCUT2D eigenvalue weighted by atomic mass is 9.94. The first-order valence-corrected chi connectivity index (χ1v) is 9.66. The number of hydrogen-bond donors (Lipinski definition) is 1. The van der Waals surface area contributed by atoms with Gasteiger partial charge < -0.3 is 25.3 Å². The zero-order valence-corrected chi connectivity index (χ0v) is 15.2. The van der Waals surface area contributed by atoms with Crippen LogP contribution in [0.25, 0.3) is 0 Å². The summed E-state index contributed by atoms with van der Waals surface area (Å²) in [6.45, 7) is 5.53. The van der Waals surface area contributed by atoms with Crippen molar-refractivity contribution in [3.05, 3.63) is 6.42 Å². The van der Waals surface area contributed by atoms with E-state index in [1.54, 1.807) is 4.90 Å². The standard InChI is InChI=1S/C18H30N5O2/c1-20-9-3-14(4-10-20)21-11-5-15(6-12-21)22-13-18(16(19)24)7-2-8-23(18)17(22)25/h7,14-15H,2-6,8-13H2,1H3,(H2,19,24)/t18-/m1/s1. The molecule has 25 heavy (non-hydrogen) atoms. The number of carbonyl (C=O) groups is 2. The summed E-state index contributed by atoms with van der Waals surface area (Å²) in [5.41, 5.74) is 4.80. The van der Waals surface area contributed by atoms with E-state index in [9.17, 15) is 9.59 Å². The van der Waals surface area contributed by atoms with Crippen LogP contribution in [0.3, 0.4) is 0 Å². The lowest BCUT2D eigenvalue weighted by Gasteiger charge is -2.42. The van der Waals surface area contributed by atoms with E-state index in [-0.39, 0.29) is 18.0 Å². The monoisotopic (exact) mass is 348 g/mol. The Labute approximate surface area is 150 Å². The first-order valence-electron chi connectivity index (χ1n) is 9.66. The van der Waals surface area contributed by atoms with Gasteiger partial charge in [-0.1, -0.05) is 0 Å². The number of rotatable bonds is 3.